The number of halogens is 1. The minimum absolute atomic E-state index is 0.548. The van der Waals surface area contributed by atoms with Gasteiger partial charge in [0, 0.05) is 30.7 Å². The summed E-state index contributed by atoms with van der Waals surface area (Å²) in [6, 6.07) is 3.76. The number of nitrogens with one attached hydrogen (secondary N) is 2. The van der Waals surface area contributed by atoms with Crippen LogP contribution in [0.2, 0.25) is 5.02 Å². The van der Waals surface area contributed by atoms with E-state index < -0.39 is 0 Å². The Bertz CT molecular complexity index is 678. The molecule has 1 saturated heterocycles. The van der Waals surface area contributed by atoms with Crippen molar-refractivity contribution in [2.45, 2.75) is 31.6 Å². The average Bonchev–Trinajstić information content (AvgIpc) is 3.18. The summed E-state index contributed by atoms with van der Waals surface area (Å²) in [6.07, 6.45) is 6.46. The third-order valence-corrected chi connectivity index (χ3v) is 5.35. The first kappa shape index (κ1) is 16.5. The van der Waals surface area contributed by atoms with Crippen LogP contribution in [0.4, 0.5) is 0 Å². The zero-order valence-electron chi connectivity index (χ0n) is 13.3. The Morgan fingerprint density at radius 3 is 3.13 bits per heavy atom. The highest BCUT2D eigenvalue weighted by atomic mass is 35.5. The zero-order chi connectivity index (χ0) is 16.1. The third kappa shape index (κ3) is 4.54. The highest BCUT2D eigenvalue weighted by Gasteiger charge is 2.15. The van der Waals surface area contributed by atoms with Crippen LogP contribution in [0.1, 0.15) is 25.5 Å². The second-order valence-electron chi connectivity index (χ2n) is 5.56. The number of aromatic nitrogens is 2. The maximum absolute atomic E-state index is 6.00. The molecule has 1 unspecified atom stereocenters. The Morgan fingerprint density at radius 1 is 1.43 bits per heavy atom. The van der Waals surface area contributed by atoms with Gasteiger partial charge in [-0.15, -0.1) is 0 Å². The summed E-state index contributed by atoms with van der Waals surface area (Å²) in [5.74, 6) is 2.14. The summed E-state index contributed by atoms with van der Waals surface area (Å²) >= 11 is 8.05. The molecule has 0 aliphatic carbocycles. The Kier molecular flexibility index (Phi) is 5.67. The second kappa shape index (κ2) is 7.93. The van der Waals surface area contributed by atoms with E-state index in [1.807, 2.05) is 40.7 Å². The molecule has 1 fully saturated rings. The maximum atomic E-state index is 6.00. The van der Waals surface area contributed by atoms with E-state index in [-0.39, 0.29) is 0 Å². The number of aliphatic imine (C=N–C) groups is 1. The molecule has 2 N–H and O–H groups in total. The van der Waals surface area contributed by atoms with Crippen LogP contribution in [-0.4, -0.2) is 39.4 Å². The van der Waals surface area contributed by atoms with E-state index in [4.69, 9.17) is 11.6 Å². The van der Waals surface area contributed by atoms with Crippen molar-refractivity contribution in [3.8, 4) is 0 Å². The van der Waals surface area contributed by atoms with Crippen molar-refractivity contribution in [2.75, 3.05) is 18.8 Å². The van der Waals surface area contributed by atoms with Gasteiger partial charge in [-0.05, 0) is 37.7 Å². The molecule has 5 nitrogen and oxygen atoms in total. The van der Waals surface area contributed by atoms with Crippen molar-refractivity contribution in [2.24, 2.45) is 4.99 Å². The quantitative estimate of drug-likeness (QED) is 0.642. The van der Waals surface area contributed by atoms with Crippen molar-refractivity contribution in [1.82, 2.24) is 20.0 Å². The molecule has 0 saturated carbocycles. The Morgan fingerprint density at radius 2 is 2.35 bits per heavy atom. The van der Waals surface area contributed by atoms with Gasteiger partial charge in [-0.1, -0.05) is 11.6 Å². The predicted molar refractivity (Wildman–Crippen MR) is 98.5 cm³/mol. The zero-order valence-corrected chi connectivity index (χ0v) is 14.8. The first-order chi connectivity index (χ1) is 11.2. The van der Waals surface area contributed by atoms with E-state index in [0.717, 1.165) is 30.4 Å². The van der Waals surface area contributed by atoms with Crippen molar-refractivity contribution in [3.05, 3.63) is 35.2 Å². The third-order valence-electron chi connectivity index (χ3n) is 3.73. The highest BCUT2D eigenvalue weighted by molar-refractivity contribution is 8.00. The van der Waals surface area contributed by atoms with E-state index in [1.54, 1.807) is 0 Å². The average molecular weight is 352 g/mol. The van der Waals surface area contributed by atoms with E-state index in [9.17, 15) is 0 Å². The number of imidazole rings is 1. The van der Waals surface area contributed by atoms with Gasteiger partial charge in [-0.2, -0.15) is 11.8 Å². The lowest BCUT2D eigenvalue weighted by molar-refractivity contribution is 0.726. The summed E-state index contributed by atoms with van der Waals surface area (Å²) in [5.41, 5.74) is 1.82. The van der Waals surface area contributed by atoms with Crippen molar-refractivity contribution in [1.29, 1.82) is 0 Å². The molecular weight excluding hydrogens is 330 g/mol. The molecule has 23 heavy (non-hydrogen) atoms. The first-order valence-electron chi connectivity index (χ1n) is 8.01. The van der Waals surface area contributed by atoms with Crippen LogP contribution in [0.3, 0.4) is 0 Å². The van der Waals surface area contributed by atoms with Gasteiger partial charge in [0.05, 0.1) is 17.3 Å². The molecule has 124 valence electrons. The largest absolute Gasteiger partial charge is 0.357 e. The predicted octanol–water partition coefficient (Wildman–Crippen LogP) is 2.94. The van der Waals surface area contributed by atoms with E-state index in [2.05, 4.69) is 27.5 Å². The Labute approximate surface area is 145 Å². The molecule has 2 aromatic heterocycles. The van der Waals surface area contributed by atoms with Crippen molar-refractivity contribution < 1.29 is 0 Å². The molecule has 3 heterocycles. The van der Waals surface area contributed by atoms with E-state index in [1.165, 1.54) is 18.6 Å². The van der Waals surface area contributed by atoms with Crippen LogP contribution in [0.5, 0.6) is 0 Å². The fraction of sp³-hybridized carbons (Fsp3) is 0.500. The number of hydrogen-bond donors (Lipinski definition) is 2. The molecule has 1 atom stereocenters. The topological polar surface area (TPSA) is 53.7 Å². The summed E-state index contributed by atoms with van der Waals surface area (Å²) < 4.78 is 1.93. The first-order valence-corrected chi connectivity index (χ1v) is 9.44. The molecule has 0 radical (unpaired) electrons. The van der Waals surface area contributed by atoms with Crippen LogP contribution >= 0.6 is 23.4 Å². The number of guanidine groups is 1. The molecule has 7 heteroatoms. The highest BCUT2D eigenvalue weighted by Crippen LogP contribution is 2.25. The van der Waals surface area contributed by atoms with Crippen LogP contribution < -0.4 is 10.6 Å². The maximum Gasteiger partial charge on any atom is 0.191 e. The number of rotatable bonds is 5. The van der Waals surface area contributed by atoms with Gasteiger partial charge >= 0.3 is 0 Å². The summed E-state index contributed by atoms with van der Waals surface area (Å²) in [7, 11) is 0. The van der Waals surface area contributed by atoms with Gasteiger partial charge < -0.3 is 15.0 Å². The van der Waals surface area contributed by atoms with Crippen LogP contribution in [-0.2, 0) is 6.54 Å². The molecule has 1 aliphatic heterocycles. The molecule has 0 spiro atoms. The van der Waals surface area contributed by atoms with Crippen LogP contribution in [0.25, 0.3) is 5.65 Å². The van der Waals surface area contributed by atoms with Gasteiger partial charge in [0.1, 0.15) is 5.65 Å². The van der Waals surface area contributed by atoms with Crippen molar-refractivity contribution >= 4 is 35.0 Å². The number of pyridine rings is 1. The van der Waals surface area contributed by atoms with Gasteiger partial charge in [0.15, 0.2) is 5.96 Å². The van der Waals surface area contributed by atoms with Gasteiger partial charge in [-0.3, -0.25) is 0 Å². The Balaban J connectivity index is 1.63. The van der Waals surface area contributed by atoms with Gasteiger partial charge in [0.2, 0.25) is 0 Å². The molecule has 0 bridgehead atoms. The molecule has 0 amide bonds. The molecule has 2 aromatic rings. The lowest BCUT2D eigenvalue weighted by Crippen LogP contribution is -2.40. The molecule has 1 aliphatic rings. The van der Waals surface area contributed by atoms with E-state index in [0.29, 0.717) is 16.8 Å². The lowest BCUT2D eigenvalue weighted by Gasteiger charge is -2.14. The van der Waals surface area contributed by atoms with Gasteiger partial charge in [-0.25, -0.2) is 9.98 Å². The Hall–Kier alpha value is -1.40. The smallest absolute Gasteiger partial charge is 0.191 e. The summed E-state index contributed by atoms with van der Waals surface area (Å²) in [5, 5.41) is 8.14. The van der Waals surface area contributed by atoms with Crippen LogP contribution in [0, 0.1) is 0 Å². The van der Waals surface area contributed by atoms with E-state index >= 15 is 0 Å². The number of fused-ring (bicyclic) bond motifs is 1. The fourth-order valence-electron chi connectivity index (χ4n) is 2.61. The monoisotopic (exact) mass is 351 g/mol. The molecule has 3 rings (SSSR count). The normalized spacial score (nSPS) is 18.5. The van der Waals surface area contributed by atoms with Gasteiger partial charge in [0.25, 0.3) is 0 Å². The second-order valence-corrected chi connectivity index (χ2v) is 7.40. The number of hydrogen-bond acceptors (Lipinski definition) is 3. The minimum atomic E-state index is 0.548. The molecular formula is C16H22ClN5S. The summed E-state index contributed by atoms with van der Waals surface area (Å²) in [6.45, 7) is 4.45. The minimum Gasteiger partial charge on any atom is -0.357 e. The molecule has 0 aromatic carbocycles. The lowest BCUT2D eigenvalue weighted by atomic mass is 10.2. The number of nitrogens with zero attached hydrogens (tertiary/aromatic N) is 3. The fourth-order valence-corrected chi connectivity index (χ4v) is 3.98. The van der Waals surface area contributed by atoms with Crippen molar-refractivity contribution in [3.63, 3.8) is 0 Å². The SMILES string of the molecule is CCNC(=NCc1cn2cc(Cl)ccc2n1)NCC1CCCS1. The summed E-state index contributed by atoms with van der Waals surface area (Å²) in [4.78, 5) is 9.20. The standard InChI is InChI=1S/C16H22ClN5S/c1-2-18-16(20-9-14-4-3-7-23-14)19-8-13-11-22-10-12(17)5-6-15(22)21-13/h5-6,10-11,14H,2-4,7-9H2,1H3,(H2,18,19,20). The number of thioether (sulfide) groups is 1. The van der Waals surface area contributed by atoms with Crippen LogP contribution in [0.15, 0.2) is 29.5 Å².